The van der Waals surface area contributed by atoms with Crippen molar-refractivity contribution >= 4 is 12.6 Å². The fraction of sp³-hybridized carbons (Fsp3) is 0.571. The summed E-state index contributed by atoms with van der Waals surface area (Å²) in [5, 5.41) is 4.27. The first kappa shape index (κ1) is 7.66. The Hall–Kier alpha value is -0.440. The molecule has 10 heavy (non-hydrogen) atoms. The van der Waals surface area contributed by atoms with Gasteiger partial charge in [0.05, 0.1) is 5.69 Å². The van der Waals surface area contributed by atoms with Crippen molar-refractivity contribution in [3.05, 3.63) is 17.5 Å². The smallest absolute Gasteiger partial charge is 0.0662 e. The summed E-state index contributed by atoms with van der Waals surface area (Å²) in [6.07, 6.45) is 3.02. The third-order valence-corrected chi connectivity index (χ3v) is 1.84. The highest BCUT2D eigenvalue weighted by Gasteiger charge is 2.01. The lowest BCUT2D eigenvalue weighted by Gasteiger charge is -1.90. The maximum Gasteiger partial charge on any atom is 0.0662 e. The molecule has 0 bridgehead atoms. The van der Waals surface area contributed by atoms with Crippen molar-refractivity contribution in [3.63, 3.8) is 0 Å². The van der Waals surface area contributed by atoms with Crippen LogP contribution < -0.4 is 0 Å². The molecule has 0 aliphatic carbocycles. The van der Waals surface area contributed by atoms with E-state index in [0.29, 0.717) is 0 Å². The van der Waals surface area contributed by atoms with Crippen molar-refractivity contribution < 1.29 is 0 Å². The Morgan fingerprint density at radius 1 is 1.70 bits per heavy atom. The van der Waals surface area contributed by atoms with E-state index in [1.54, 1.807) is 0 Å². The molecule has 0 spiro atoms. The van der Waals surface area contributed by atoms with Gasteiger partial charge in [0.15, 0.2) is 0 Å². The molecule has 0 saturated heterocycles. The van der Waals surface area contributed by atoms with Crippen LogP contribution in [0.4, 0.5) is 0 Å². The average molecular weight is 156 g/mol. The van der Waals surface area contributed by atoms with Crippen LogP contribution >= 0.6 is 12.6 Å². The molecule has 1 aromatic rings. The monoisotopic (exact) mass is 156 g/mol. The summed E-state index contributed by atoms with van der Waals surface area (Å²) in [7, 11) is 1.94. The quantitative estimate of drug-likeness (QED) is 0.641. The van der Waals surface area contributed by atoms with Gasteiger partial charge in [-0.25, -0.2) is 0 Å². The molecule has 0 fully saturated rings. The van der Waals surface area contributed by atoms with Crippen LogP contribution in [-0.4, -0.2) is 9.78 Å². The average Bonchev–Trinajstić information content (AvgIpc) is 2.30. The molecule has 3 heteroatoms. The Balaban J connectivity index is 2.96. The zero-order chi connectivity index (χ0) is 7.56. The highest BCUT2D eigenvalue weighted by Crippen LogP contribution is 2.08. The molecule has 0 radical (unpaired) electrons. The summed E-state index contributed by atoms with van der Waals surface area (Å²) >= 11 is 4.19. The van der Waals surface area contributed by atoms with E-state index >= 15 is 0 Å². The van der Waals surface area contributed by atoms with Gasteiger partial charge in [-0.15, -0.1) is 0 Å². The van der Waals surface area contributed by atoms with Crippen molar-refractivity contribution in [2.75, 3.05) is 0 Å². The molecular weight excluding hydrogens is 144 g/mol. The first-order chi connectivity index (χ1) is 4.77. The van der Waals surface area contributed by atoms with Gasteiger partial charge in [0.2, 0.25) is 0 Å². The molecule has 0 saturated carbocycles. The molecule has 1 rings (SSSR count). The first-order valence-electron chi connectivity index (χ1n) is 3.40. The Morgan fingerprint density at radius 3 is 2.80 bits per heavy atom. The Labute approximate surface area is 66.7 Å². The van der Waals surface area contributed by atoms with Crippen molar-refractivity contribution in [2.24, 2.45) is 7.05 Å². The Bertz CT molecular complexity index is 196. The van der Waals surface area contributed by atoms with Gasteiger partial charge in [-0.1, -0.05) is 6.92 Å². The number of nitrogens with zero attached hydrogens (tertiary/aromatic N) is 2. The van der Waals surface area contributed by atoms with Crippen LogP contribution in [-0.2, 0) is 19.2 Å². The van der Waals surface area contributed by atoms with Crippen LogP contribution in [0.15, 0.2) is 6.20 Å². The molecule has 0 unspecified atom stereocenters. The molecule has 56 valence electrons. The summed E-state index contributed by atoms with van der Waals surface area (Å²) in [6.45, 7) is 2.11. The predicted molar refractivity (Wildman–Crippen MR) is 45.3 cm³/mol. The minimum Gasteiger partial charge on any atom is -0.275 e. The van der Waals surface area contributed by atoms with Crippen LogP contribution in [0.3, 0.4) is 0 Å². The molecule has 0 N–H and O–H groups in total. The zero-order valence-electron chi connectivity index (χ0n) is 6.33. The van der Waals surface area contributed by atoms with Crippen LogP contribution in [0.2, 0.25) is 0 Å². The fourth-order valence-corrected chi connectivity index (χ4v) is 1.28. The minimum absolute atomic E-state index is 0.789. The van der Waals surface area contributed by atoms with E-state index in [1.165, 1.54) is 5.56 Å². The lowest BCUT2D eigenvalue weighted by molar-refractivity contribution is 0.746. The molecule has 0 atom stereocenters. The topological polar surface area (TPSA) is 17.8 Å². The van der Waals surface area contributed by atoms with Gasteiger partial charge in [0.25, 0.3) is 0 Å². The lowest BCUT2D eigenvalue weighted by Crippen LogP contribution is -1.89. The van der Waals surface area contributed by atoms with E-state index < -0.39 is 0 Å². The van der Waals surface area contributed by atoms with Gasteiger partial charge in [0, 0.05) is 24.6 Å². The molecule has 1 aromatic heterocycles. The van der Waals surface area contributed by atoms with Crippen molar-refractivity contribution in [1.29, 1.82) is 0 Å². The predicted octanol–water partition coefficient (Wildman–Crippen LogP) is 1.41. The number of aromatic nitrogens is 2. The summed E-state index contributed by atoms with van der Waals surface area (Å²) in [5.74, 6) is 0.789. The standard InChI is InChI=1S/C7H12N2S/c1-3-7-6(5-10)4-9(2)8-7/h4,10H,3,5H2,1-2H3. The van der Waals surface area contributed by atoms with Crippen molar-refractivity contribution in [2.45, 2.75) is 19.1 Å². The van der Waals surface area contributed by atoms with Crippen LogP contribution in [0.1, 0.15) is 18.2 Å². The van der Waals surface area contributed by atoms with E-state index in [2.05, 4.69) is 24.7 Å². The highest BCUT2D eigenvalue weighted by molar-refractivity contribution is 7.79. The van der Waals surface area contributed by atoms with Crippen LogP contribution in [0, 0.1) is 0 Å². The molecule has 0 amide bonds. The molecule has 1 heterocycles. The minimum atomic E-state index is 0.789. The summed E-state index contributed by atoms with van der Waals surface area (Å²) < 4.78 is 1.84. The largest absolute Gasteiger partial charge is 0.275 e. The van der Waals surface area contributed by atoms with E-state index in [1.807, 2.05) is 17.9 Å². The third-order valence-electron chi connectivity index (χ3n) is 1.50. The van der Waals surface area contributed by atoms with E-state index in [9.17, 15) is 0 Å². The SMILES string of the molecule is CCc1nn(C)cc1CS. The van der Waals surface area contributed by atoms with Gasteiger partial charge in [0.1, 0.15) is 0 Å². The van der Waals surface area contributed by atoms with Crippen molar-refractivity contribution in [1.82, 2.24) is 9.78 Å². The normalized spacial score (nSPS) is 10.3. The molecule has 0 aromatic carbocycles. The Kier molecular flexibility index (Phi) is 2.38. The Morgan fingerprint density at radius 2 is 2.40 bits per heavy atom. The van der Waals surface area contributed by atoms with Crippen molar-refractivity contribution in [3.8, 4) is 0 Å². The zero-order valence-corrected chi connectivity index (χ0v) is 7.23. The van der Waals surface area contributed by atoms with Crippen LogP contribution in [0.25, 0.3) is 0 Å². The summed E-state index contributed by atoms with van der Waals surface area (Å²) in [4.78, 5) is 0. The maximum atomic E-state index is 4.27. The maximum absolute atomic E-state index is 4.27. The van der Waals surface area contributed by atoms with Gasteiger partial charge >= 0.3 is 0 Å². The van der Waals surface area contributed by atoms with E-state index in [-0.39, 0.29) is 0 Å². The number of thiol groups is 1. The second-order valence-corrected chi connectivity index (χ2v) is 2.60. The lowest BCUT2D eigenvalue weighted by atomic mass is 10.2. The van der Waals surface area contributed by atoms with Gasteiger partial charge in [-0.3, -0.25) is 4.68 Å². The second-order valence-electron chi connectivity index (χ2n) is 2.29. The molecule has 0 aliphatic heterocycles. The number of hydrogen-bond acceptors (Lipinski definition) is 2. The molecule has 0 aliphatic rings. The summed E-state index contributed by atoms with van der Waals surface area (Å²) in [5.41, 5.74) is 2.41. The first-order valence-corrected chi connectivity index (χ1v) is 4.03. The van der Waals surface area contributed by atoms with Gasteiger partial charge in [-0.05, 0) is 6.42 Å². The molecule has 2 nitrogen and oxygen atoms in total. The number of aryl methyl sites for hydroxylation is 2. The number of hydrogen-bond donors (Lipinski definition) is 1. The van der Waals surface area contributed by atoms with Gasteiger partial charge < -0.3 is 0 Å². The number of rotatable bonds is 2. The fourth-order valence-electron chi connectivity index (χ4n) is 1.01. The van der Waals surface area contributed by atoms with E-state index in [4.69, 9.17) is 0 Å². The van der Waals surface area contributed by atoms with Gasteiger partial charge in [-0.2, -0.15) is 17.7 Å². The summed E-state index contributed by atoms with van der Waals surface area (Å²) in [6, 6.07) is 0. The van der Waals surface area contributed by atoms with E-state index in [0.717, 1.165) is 17.9 Å². The van der Waals surface area contributed by atoms with Crippen LogP contribution in [0.5, 0.6) is 0 Å². The highest BCUT2D eigenvalue weighted by atomic mass is 32.1. The third kappa shape index (κ3) is 1.34. The second kappa shape index (κ2) is 3.10. The molecular formula is C7H12N2S.